The molecule has 178 valence electrons. The molecule has 1 saturated carbocycles. The van der Waals surface area contributed by atoms with Gasteiger partial charge >= 0.3 is 5.97 Å². The van der Waals surface area contributed by atoms with Gasteiger partial charge in [-0.2, -0.15) is 0 Å². The maximum atomic E-state index is 12.8. The van der Waals surface area contributed by atoms with Crippen LogP contribution in [-0.4, -0.2) is 44.5 Å². The highest BCUT2D eigenvalue weighted by molar-refractivity contribution is 6.22. The van der Waals surface area contributed by atoms with Crippen LogP contribution in [0.25, 0.3) is 0 Å². The number of methoxy groups -OCH3 is 2. The van der Waals surface area contributed by atoms with Crippen molar-refractivity contribution in [2.75, 3.05) is 31.0 Å². The minimum Gasteiger partial charge on any atom is -0.497 e. The third kappa shape index (κ3) is 4.59. The zero-order valence-corrected chi connectivity index (χ0v) is 19.0. The lowest BCUT2D eigenvalue weighted by Gasteiger charge is -2.19. The van der Waals surface area contributed by atoms with Gasteiger partial charge in [0.05, 0.1) is 43.0 Å². The van der Waals surface area contributed by atoms with E-state index < -0.39 is 18.5 Å². The molecule has 9 heteroatoms. The molecule has 2 aromatic carbocycles. The fourth-order valence-electron chi connectivity index (χ4n) is 4.49. The van der Waals surface area contributed by atoms with Crippen LogP contribution in [0, 0.1) is 11.8 Å². The fraction of sp³-hybridized carbons (Fsp3) is 0.360. The predicted octanol–water partition coefficient (Wildman–Crippen LogP) is 3.18. The molecule has 1 heterocycles. The van der Waals surface area contributed by atoms with Crippen molar-refractivity contribution in [2.45, 2.75) is 25.7 Å². The molecule has 4 rings (SSSR count). The summed E-state index contributed by atoms with van der Waals surface area (Å²) in [5, 5.41) is 2.62. The maximum absolute atomic E-state index is 12.8. The van der Waals surface area contributed by atoms with E-state index in [0.29, 0.717) is 35.7 Å². The summed E-state index contributed by atoms with van der Waals surface area (Å²) < 4.78 is 15.5. The molecular weight excluding hydrogens is 440 g/mol. The first-order chi connectivity index (χ1) is 16.4. The second-order valence-corrected chi connectivity index (χ2v) is 8.25. The highest BCUT2D eigenvalue weighted by Gasteiger charge is 2.48. The van der Waals surface area contributed by atoms with Gasteiger partial charge in [0.2, 0.25) is 11.8 Å². The highest BCUT2D eigenvalue weighted by atomic mass is 16.5. The molecule has 0 spiro atoms. The molecule has 0 aromatic heterocycles. The maximum Gasteiger partial charge on any atom is 0.338 e. The summed E-state index contributed by atoms with van der Waals surface area (Å²) >= 11 is 0. The quantitative estimate of drug-likeness (QED) is 0.493. The molecule has 2 aliphatic rings. The van der Waals surface area contributed by atoms with Crippen LogP contribution in [-0.2, 0) is 19.1 Å². The molecule has 2 fully saturated rings. The number of esters is 1. The Bertz CT molecular complexity index is 1110. The third-order valence-electron chi connectivity index (χ3n) is 6.20. The second-order valence-electron chi connectivity index (χ2n) is 8.25. The predicted molar refractivity (Wildman–Crippen MR) is 123 cm³/mol. The average Bonchev–Trinajstić information content (AvgIpc) is 3.12. The number of carbonyl (C=O) groups excluding carboxylic acids is 4. The van der Waals surface area contributed by atoms with Crippen LogP contribution in [0.5, 0.6) is 11.5 Å². The van der Waals surface area contributed by atoms with Crippen LogP contribution in [0.1, 0.15) is 36.0 Å². The summed E-state index contributed by atoms with van der Waals surface area (Å²) in [5.74, 6) is -1.33. The molecule has 1 aliphatic heterocycles. The number of ether oxygens (including phenoxy) is 3. The minimum atomic E-state index is -0.741. The number of benzene rings is 2. The molecule has 3 amide bonds. The highest BCUT2D eigenvalue weighted by Crippen LogP contribution is 2.40. The van der Waals surface area contributed by atoms with E-state index in [2.05, 4.69) is 5.32 Å². The molecule has 0 bridgehead atoms. The van der Waals surface area contributed by atoms with E-state index in [0.717, 1.165) is 12.8 Å². The Morgan fingerprint density at radius 3 is 2.32 bits per heavy atom. The lowest BCUT2D eigenvalue weighted by atomic mass is 9.81. The molecule has 2 atom stereocenters. The van der Waals surface area contributed by atoms with Crippen LogP contribution in [0.4, 0.5) is 11.4 Å². The van der Waals surface area contributed by atoms with Crippen LogP contribution < -0.4 is 19.7 Å². The van der Waals surface area contributed by atoms with Crippen molar-refractivity contribution < 1.29 is 33.4 Å². The van der Waals surface area contributed by atoms with Gasteiger partial charge in [-0.25, -0.2) is 4.79 Å². The number of hydrogen-bond donors (Lipinski definition) is 1. The normalized spacial score (nSPS) is 19.4. The number of nitrogens with one attached hydrogen (secondary N) is 1. The van der Waals surface area contributed by atoms with Crippen LogP contribution >= 0.6 is 0 Å². The molecule has 1 aliphatic carbocycles. The van der Waals surface area contributed by atoms with E-state index in [9.17, 15) is 19.2 Å². The van der Waals surface area contributed by atoms with Gasteiger partial charge in [-0.3, -0.25) is 19.3 Å². The summed E-state index contributed by atoms with van der Waals surface area (Å²) in [4.78, 5) is 51.7. The summed E-state index contributed by atoms with van der Waals surface area (Å²) in [6, 6.07) is 11.0. The van der Waals surface area contributed by atoms with Gasteiger partial charge in [0.25, 0.3) is 5.91 Å². The standard InChI is InChI=1S/C25H26N2O7/c1-32-17-10-11-20(21(13-17)33-2)26-22(28)14-34-25(31)15-6-5-7-16(12-15)27-23(29)18-8-3-4-9-19(18)24(27)30/h5-7,10-13,18-19H,3-4,8-9,14H2,1-2H3,(H,26,28)/t18-,19-/m1/s1. The summed E-state index contributed by atoms with van der Waals surface area (Å²) in [5.41, 5.74) is 0.882. The summed E-state index contributed by atoms with van der Waals surface area (Å²) in [6.45, 7) is -0.524. The van der Waals surface area contributed by atoms with Crippen molar-refractivity contribution >= 4 is 35.1 Å². The molecule has 9 nitrogen and oxygen atoms in total. The van der Waals surface area contributed by atoms with Crippen molar-refractivity contribution in [1.29, 1.82) is 0 Å². The molecule has 34 heavy (non-hydrogen) atoms. The first-order valence-electron chi connectivity index (χ1n) is 11.1. The first-order valence-corrected chi connectivity index (χ1v) is 11.1. The summed E-state index contributed by atoms with van der Waals surface area (Å²) in [6.07, 6.45) is 3.29. The number of anilines is 2. The SMILES string of the molecule is COc1ccc(NC(=O)COC(=O)c2cccc(N3C(=O)[C@@H]4CCCC[C@H]4C3=O)c2)c(OC)c1. The Labute approximate surface area is 197 Å². The van der Waals surface area contributed by atoms with Crippen molar-refractivity contribution in [3.8, 4) is 11.5 Å². The smallest absolute Gasteiger partial charge is 0.338 e. The van der Waals surface area contributed by atoms with Crippen molar-refractivity contribution in [2.24, 2.45) is 11.8 Å². The summed E-state index contributed by atoms with van der Waals surface area (Å²) in [7, 11) is 2.98. The van der Waals surface area contributed by atoms with E-state index in [1.165, 1.54) is 31.3 Å². The zero-order valence-electron chi connectivity index (χ0n) is 19.0. The second kappa shape index (κ2) is 9.94. The Kier molecular flexibility index (Phi) is 6.81. The largest absolute Gasteiger partial charge is 0.497 e. The monoisotopic (exact) mass is 466 g/mol. The minimum absolute atomic E-state index is 0.141. The molecule has 0 radical (unpaired) electrons. The molecule has 0 unspecified atom stereocenters. The van der Waals surface area contributed by atoms with E-state index in [4.69, 9.17) is 14.2 Å². The topological polar surface area (TPSA) is 111 Å². The lowest BCUT2D eigenvalue weighted by Crippen LogP contribution is -2.31. The van der Waals surface area contributed by atoms with Crippen molar-refractivity contribution in [3.05, 3.63) is 48.0 Å². The Hall–Kier alpha value is -3.88. The number of nitrogens with zero attached hydrogens (tertiary/aromatic N) is 1. The Balaban J connectivity index is 1.40. The van der Waals surface area contributed by atoms with Crippen LogP contribution in [0.3, 0.4) is 0 Å². The number of rotatable bonds is 7. The van der Waals surface area contributed by atoms with Gasteiger partial charge in [0.15, 0.2) is 6.61 Å². The third-order valence-corrected chi connectivity index (χ3v) is 6.20. The molecule has 2 aromatic rings. The van der Waals surface area contributed by atoms with Crippen LogP contribution in [0.15, 0.2) is 42.5 Å². The zero-order chi connectivity index (χ0) is 24.2. The number of fused-ring (bicyclic) bond motifs is 1. The molecule has 1 saturated heterocycles. The van der Waals surface area contributed by atoms with Gasteiger partial charge in [0.1, 0.15) is 11.5 Å². The van der Waals surface area contributed by atoms with E-state index in [-0.39, 0.29) is 29.2 Å². The average molecular weight is 466 g/mol. The van der Waals surface area contributed by atoms with Crippen LogP contribution in [0.2, 0.25) is 0 Å². The Morgan fingerprint density at radius 2 is 1.68 bits per heavy atom. The molecule has 1 N–H and O–H groups in total. The van der Waals surface area contributed by atoms with E-state index in [1.54, 1.807) is 30.3 Å². The number of imide groups is 1. The van der Waals surface area contributed by atoms with Gasteiger partial charge in [-0.15, -0.1) is 0 Å². The van der Waals surface area contributed by atoms with E-state index >= 15 is 0 Å². The molecular formula is C25H26N2O7. The van der Waals surface area contributed by atoms with Gasteiger partial charge < -0.3 is 19.5 Å². The Morgan fingerprint density at radius 1 is 0.971 bits per heavy atom. The van der Waals surface area contributed by atoms with Gasteiger partial charge in [-0.05, 0) is 43.2 Å². The van der Waals surface area contributed by atoms with Gasteiger partial charge in [-0.1, -0.05) is 18.9 Å². The first kappa shape index (κ1) is 23.3. The lowest BCUT2D eigenvalue weighted by molar-refractivity contribution is -0.122. The van der Waals surface area contributed by atoms with E-state index in [1.807, 2.05) is 0 Å². The van der Waals surface area contributed by atoms with Crippen molar-refractivity contribution in [1.82, 2.24) is 0 Å². The van der Waals surface area contributed by atoms with Crippen molar-refractivity contribution in [3.63, 3.8) is 0 Å². The van der Waals surface area contributed by atoms with Gasteiger partial charge in [0, 0.05) is 6.07 Å². The fourth-order valence-corrected chi connectivity index (χ4v) is 4.49. The number of hydrogen-bond acceptors (Lipinski definition) is 7. The number of amides is 3. The number of carbonyl (C=O) groups is 4.